The molecule has 0 aliphatic carbocycles. The molecular weight excluding hydrogens is 252 g/mol. The number of fused-ring (bicyclic) bond motifs is 2. The van der Waals surface area contributed by atoms with Crippen molar-refractivity contribution in [3.8, 4) is 0 Å². The Bertz CT molecular complexity index is 713. The van der Waals surface area contributed by atoms with Crippen LogP contribution in [0.15, 0.2) is 48.5 Å². The summed E-state index contributed by atoms with van der Waals surface area (Å²) in [5.41, 5.74) is 1.83. The number of hydrogen-bond acceptors (Lipinski definition) is 3. The quantitative estimate of drug-likeness (QED) is 0.740. The molecule has 0 spiro atoms. The van der Waals surface area contributed by atoms with E-state index in [0.29, 0.717) is 17.8 Å². The van der Waals surface area contributed by atoms with Crippen LogP contribution in [0.5, 0.6) is 0 Å². The smallest absolute Gasteiger partial charge is 0.261 e. The van der Waals surface area contributed by atoms with Crippen LogP contribution >= 0.6 is 0 Å². The van der Waals surface area contributed by atoms with Crippen LogP contribution < -0.4 is 10.6 Å². The van der Waals surface area contributed by atoms with Gasteiger partial charge in [0.05, 0.1) is 0 Å². The zero-order valence-corrected chi connectivity index (χ0v) is 10.8. The highest BCUT2D eigenvalue weighted by Crippen LogP contribution is 2.48. The Labute approximate surface area is 116 Å². The maximum Gasteiger partial charge on any atom is 0.261 e. The van der Waals surface area contributed by atoms with Gasteiger partial charge in [-0.15, -0.1) is 0 Å². The Balaban J connectivity index is 1.89. The highest BCUT2D eigenvalue weighted by molar-refractivity contribution is 6.06. The van der Waals surface area contributed by atoms with Crippen molar-refractivity contribution in [1.29, 1.82) is 0 Å². The normalized spacial score (nSPS) is 26.6. The van der Waals surface area contributed by atoms with Gasteiger partial charge < -0.3 is 15.7 Å². The minimum atomic E-state index is -1.50. The first kappa shape index (κ1) is 11.5. The lowest BCUT2D eigenvalue weighted by Gasteiger charge is -2.27. The Morgan fingerprint density at radius 2 is 1.75 bits per heavy atom. The summed E-state index contributed by atoms with van der Waals surface area (Å²) in [6, 6.07) is 15.1. The number of carbonyl (C=O) groups is 1. The number of para-hydroxylation sites is 2. The molecule has 0 fully saturated rings. The number of amides is 1. The second-order valence-corrected chi connectivity index (χ2v) is 5.29. The van der Waals surface area contributed by atoms with Crippen molar-refractivity contribution in [3.05, 3.63) is 59.7 Å². The summed E-state index contributed by atoms with van der Waals surface area (Å²) in [4.78, 5) is 12.4. The van der Waals surface area contributed by atoms with Gasteiger partial charge in [0, 0.05) is 29.4 Å². The first-order chi connectivity index (χ1) is 9.71. The molecule has 20 heavy (non-hydrogen) atoms. The second kappa shape index (κ2) is 3.84. The van der Waals surface area contributed by atoms with Crippen LogP contribution in [0.25, 0.3) is 0 Å². The van der Waals surface area contributed by atoms with Crippen molar-refractivity contribution in [3.63, 3.8) is 0 Å². The maximum atomic E-state index is 12.4. The van der Waals surface area contributed by atoms with E-state index in [1.807, 2.05) is 48.5 Å². The van der Waals surface area contributed by atoms with E-state index in [1.165, 1.54) is 0 Å². The summed E-state index contributed by atoms with van der Waals surface area (Å²) >= 11 is 0. The van der Waals surface area contributed by atoms with Gasteiger partial charge in [0.1, 0.15) is 0 Å². The molecule has 2 atom stereocenters. The molecular formula is C16H14N2O2. The molecule has 2 aliphatic heterocycles. The highest BCUT2D eigenvalue weighted by Gasteiger charge is 2.53. The third kappa shape index (κ3) is 1.31. The van der Waals surface area contributed by atoms with E-state index in [1.54, 1.807) is 0 Å². The summed E-state index contributed by atoms with van der Waals surface area (Å²) in [7, 11) is 0. The molecule has 2 unspecified atom stereocenters. The predicted octanol–water partition coefficient (Wildman–Crippen LogP) is 2.04. The van der Waals surface area contributed by atoms with Crippen molar-refractivity contribution in [2.75, 3.05) is 17.2 Å². The molecule has 4 rings (SSSR count). The molecule has 100 valence electrons. The van der Waals surface area contributed by atoms with Gasteiger partial charge in [-0.25, -0.2) is 0 Å². The van der Waals surface area contributed by atoms with E-state index in [4.69, 9.17) is 0 Å². The number of carbonyl (C=O) groups excluding carboxylic acids is 1. The van der Waals surface area contributed by atoms with Gasteiger partial charge >= 0.3 is 0 Å². The zero-order valence-electron chi connectivity index (χ0n) is 10.8. The number of anilines is 2. The predicted molar refractivity (Wildman–Crippen MR) is 76.6 cm³/mol. The largest absolute Gasteiger partial charge is 0.384 e. The van der Waals surface area contributed by atoms with E-state index >= 15 is 0 Å². The fraction of sp³-hybridized carbons (Fsp3) is 0.188. The van der Waals surface area contributed by atoms with E-state index in [2.05, 4.69) is 10.6 Å². The first-order valence-corrected chi connectivity index (χ1v) is 6.67. The minimum absolute atomic E-state index is 0.276. The summed E-state index contributed by atoms with van der Waals surface area (Å²) in [5.74, 6) is -0.621. The number of benzene rings is 2. The van der Waals surface area contributed by atoms with Gasteiger partial charge in [-0.3, -0.25) is 4.79 Å². The van der Waals surface area contributed by atoms with Crippen LogP contribution in [0, 0.1) is 0 Å². The molecule has 4 nitrogen and oxygen atoms in total. The van der Waals surface area contributed by atoms with Gasteiger partial charge in [0.2, 0.25) is 0 Å². The fourth-order valence-electron chi connectivity index (χ4n) is 3.27. The van der Waals surface area contributed by atoms with Gasteiger partial charge in [-0.05, 0) is 17.7 Å². The molecule has 0 bridgehead atoms. The third-order valence-electron chi connectivity index (χ3n) is 4.27. The number of rotatable bonds is 1. The molecule has 1 amide bonds. The molecule has 2 heterocycles. The highest BCUT2D eigenvalue weighted by atomic mass is 16.3. The van der Waals surface area contributed by atoms with Crippen molar-refractivity contribution >= 4 is 17.3 Å². The molecule has 4 heteroatoms. The lowest BCUT2D eigenvalue weighted by atomic mass is 9.79. The van der Waals surface area contributed by atoms with Gasteiger partial charge in [-0.1, -0.05) is 36.4 Å². The van der Waals surface area contributed by atoms with E-state index in [-0.39, 0.29) is 11.8 Å². The standard InChI is InChI=1S/C16H14N2O2/c19-15-16(20,11-6-2-4-8-14(11)18-15)12-9-17-13-7-3-1-5-10(12)13/h1-8,12,17,20H,9H2,(H,18,19). The van der Waals surface area contributed by atoms with E-state index in [9.17, 15) is 9.90 Å². The van der Waals surface area contributed by atoms with Crippen molar-refractivity contribution < 1.29 is 9.90 Å². The Morgan fingerprint density at radius 3 is 2.60 bits per heavy atom. The Kier molecular flexibility index (Phi) is 2.20. The van der Waals surface area contributed by atoms with Crippen LogP contribution in [0.1, 0.15) is 17.0 Å². The molecule has 3 N–H and O–H groups in total. The molecule has 2 aromatic rings. The van der Waals surface area contributed by atoms with E-state index < -0.39 is 5.60 Å². The number of aliphatic hydroxyl groups is 1. The summed E-state index contributed by atoms with van der Waals surface area (Å²) in [6.07, 6.45) is 0. The van der Waals surface area contributed by atoms with Crippen molar-refractivity contribution in [2.45, 2.75) is 11.5 Å². The average molecular weight is 266 g/mol. The minimum Gasteiger partial charge on any atom is -0.384 e. The lowest BCUT2D eigenvalue weighted by molar-refractivity contribution is -0.135. The van der Waals surface area contributed by atoms with Crippen LogP contribution in [-0.4, -0.2) is 17.6 Å². The van der Waals surface area contributed by atoms with Crippen LogP contribution in [-0.2, 0) is 10.4 Å². The van der Waals surface area contributed by atoms with Crippen LogP contribution in [0.3, 0.4) is 0 Å². The average Bonchev–Trinajstić information content (AvgIpc) is 3.01. The Hall–Kier alpha value is -2.33. The van der Waals surface area contributed by atoms with Crippen molar-refractivity contribution in [1.82, 2.24) is 0 Å². The monoisotopic (exact) mass is 266 g/mol. The summed E-state index contributed by atoms with van der Waals surface area (Å²) in [6.45, 7) is 0.553. The van der Waals surface area contributed by atoms with Gasteiger partial charge in [-0.2, -0.15) is 0 Å². The van der Waals surface area contributed by atoms with Crippen LogP contribution in [0.2, 0.25) is 0 Å². The fourth-order valence-corrected chi connectivity index (χ4v) is 3.27. The molecule has 2 aliphatic rings. The van der Waals surface area contributed by atoms with Crippen molar-refractivity contribution in [2.24, 2.45) is 0 Å². The maximum absolute atomic E-state index is 12.4. The van der Waals surface area contributed by atoms with Gasteiger partial charge in [0.15, 0.2) is 5.60 Å². The lowest BCUT2D eigenvalue weighted by Crippen LogP contribution is -2.41. The van der Waals surface area contributed by atoms with E-state index in [0.717, 1.165) is 11.3 Å². The molecule has 0 saturated carbocycles. The molecule has 0 radical (unpaired) electrons. The Morgan fingerprint density at radius 1 is 1.05 bits per heavy atom. The summed E-state index contributed by atoms with van der Waals surface area (Å²) in [5, 5.41) is 17.1. The van der Waals surface area contributed by atoms with Crippen LogP contribution in [0.4, 0.5) is 11.4 Å². The number of nitrogens with one attached hydrogen (secondary N) is 2. The first-order valence-electron chi connectivity index (χ1n) is 6.67. The third-order valence-corrected chi connectivity index (χ3v) is 4.27. The number of hydrogen-bond donors (Lipinski definition) is 3. The SMILES string of the molecule is O=C1Nc2ccccc2C1(O)C1CNc2ccccc21. The second-order valence-electron chi connectivity index (χ2n) is 5.29. The summed E-state index contributed by atoms with van der Waals surface area (Å²) < 4.78 is 0. The topological polar surface area (TPSA) is 61.4 Å². The molecule has 0 aromatic heterocycles. The van der Waals surface area contributed by atoms with Gasteiger partial charge in [0.25, 0.3) is 5.91 Å². The zero-order chi connectivity index (χ0) is 13.7. The molecule has 2 aromatic carbocycles. The molecule has 0 saturated heterocycles.